The second-order valence-electron chi connectivity index (χ2n) is 2.02. The molecule has 0 heterocycles. The first-order chi connectivity index (χ1) is 5.74. The third-order valence-electron chi connectivity index (χ3n) is 1.15. The van der Waals surface area contributed by atoms with Crippen molar-refractivity contribution in [1.29, 1.82) is 0 Å². The van der Waals surface area contributed by atoms with Crippen molar-refractivity contribution in [2.24, 2.45) is 10.8 Å². The fourth-order valence-corrected chi connectivity index (χ4v) is 0.618. The first kappa shape index (κ1) is 10.7. The van der Waals surface area contributed by atoms with E-state index in [4.69, 9.17) is 5.84 Å². The van der Waals surface area contributed by atoms with Crippen LogP contribution in [0.3, 0.4) is 0 Å². The van der Waals surface area contributed by atoms with Crippen LogP contribution in [0.5, 0.6) is 0 Å². The Kier molecular flexibility index (Phi) is 5.72. The van der Waals surface area contributed by atoms with Crippen molar-refractivity contribution in [3.63, 3.8) is 0 Å². The number of amides is 1. The van der Waals surface area contributed by atoms with Crippen LogP contribution in [0.1, 0.15) is 6.92 Å². The monoisotopic (exact) mass is 173 g/mol. The number of hydrazine groups is 1. The van der Waals surface area contributed by atoms with Gasteiger partial charge in [0.2, 0.25) is 11.9 Å². The van der Waals surface area contributed by atoms with Crippen LogP contribution in [0, 0.1) is 0 Å². The number of nitrogens with one attached hydrogen (secondary N) is 3. The highest BCUT2D eigenvalue weighted by atomic mass is 16.1. The number of hydrogen-bond acceptors (Lipinski definition) is 3. The van der Waals surface area contributed by atoms with E-state index in [0.29, 0.717) is 12.5 Å². The molecule has 0 aromatic carbocycles. The molecule has 0 aliphatic heterocycles. The number of rotatable bonds is 3. The Morgan fingerprint density at radius 3 is 2.58 bits per heavy atom. The number of hydrogen-bond donors (Lipinski definition) is 4. The number of nitrogens with zero attached hydrogens (tertiary/aromatic N) is 1. The standard InChI is InChI=1S/C6H15N5O/c1-3-9-5(12)4-10-6(8-2)11-7/h3-4,7H2,1-2H3,(H,9,12)(H2,8,10,11). The molecular formula is C6H15N5O. The maximum atomic E-state index is 10.9. The molecule has 0 fully saturated rings. The lowest BCUT2D eigenvalue weighted by Crippen LogP contribution is -2.45. The zero-order valence-corrected chi connectivity index (χ0v) is 7.35. The second kappa shape index (κ2) is 6.41. The molecule has 0 aromatic heterocycles. The van der Waals surface area contributed by atoms with Gasteiger partial charge in [-0.1, -0.05) is 0 Å². The van der Waals surface area contributed by atoms with Crippen molar-refractivity contribution in [3.05, 3.63) is 0 Å². The molecule has 0 radical (unpaired) electrons. The SMILES string of the molecule is CCNC(=O)CNC(=NC)NN. The predicted molar refractivity (Wildman–Crippen MR) is 47.4 cm³/mol. The average molecular weight is 173 g/mol. The van der Waals surface area contributed by atoms with Gasteiger partial charge >= 0.3 is 0 Å². The largest absolute Gasteiger partial charge is 0.355 e. The number of guanidine groups is 1. The van der Waals surface area contributed by atoms with Gasteiger partial charge < -0.3 is 10.6 Å². The summed E-state index contributed by atoms with van der Waals surface area (Å²) < 4.78 is 0. The summed E-state index contributed by atoms with van der Waals surface area (Å²) in [5.74, 6) is 5.37. The van der Waals surface area contributed by atoms with Crippen LogP contribution < -0.4 is 21.9 Å². The van der Waals surface area contributed by atoms with Crippen LogP contribution in [0.25, 0.3) is 0 Å². The first-order valence-electron chi connectivity index (χ1n) is 3.68. The van der Waals surface area contributed by atoms with Gasteiger partial charge in [0.05, 0.1) is 6.54 Å². The fraction of sp³-hybridized carbons (Fsp3) is 0.667. The number of carbonyl (C=O) groups is 1. The van der Waals surface area contributed by atoms with Crippen LogP contribution in [0.4, 0.5) is 0 Å². The number of nitrogens with two attached hydrogens (primary N) is 1. The molecular weight excluding hydrogens is 158 g/mol. The number of aliphatic imine (C=N–C) groups is 1. The molecule has 0 bridgehead atoms. The number of likely N-dealkylation sites (N-methyl/N-ethyl adjacent to an activating group) is 1. The summed E-state index contributed by atoms with van der Waals surface area (Å²) in [5, 5.41) is 5.33. The third-order valence-corrected chi connectivity index (χ3v) is 1.15. The van der Waals surface area contributed by atoms with E-state index in [1.807, 2.05) is 6.92 Å². The minimum atomic E-state index is -0.0890. The van der Waals surface area contributed by atoms with Gasteiger partial charge in [-0.3, -0.25) is 15.2 Å². The van der Waals surface area contributed by atoms with Crippen LogP contribution >= 0.6 is 0 Å². The molecule has 0 aromatic rings. The van der Waals surface area contributed by atoms with Crippen molar-refractivity contribution in [3.8, 4) is 0 Å². The Morgan fingerprint density at radius 2 is 2.17 bits per heavy atom. The van der Waals surface area contributed by atoms with E-state index in [9.17, 15) is 4.79 Å². The zero-order valence-electron chi connectivity index (χ0n) is 7.35. The summed E-state index contributed by atoms with van der Waals surface area (Å²) in [5.41, 5.74) is 2.31. The summed E-state index contributed by atoms with van der Waals surface area (Å²) in [6.07, 6.45) is 0. The Labute approximate surface area is 71.6 Å². The molecule has 0 unspecified atom stereocenters. The van der Waals surface area contributed by atoms with Gasteiger partial charge in [-0.15, -0.1) is 0 Å². The van der Waals surface area contributed by atoms with E-state index < -0.39 is 0 Å². The lowest BCUT2D eigenvalue weighted by molar-refractivity contribution is -0.119. The molecule has 12 heavy (non-hydrogen) atoms. The molecule has 0 aliphatic carbocycles. The molecule has 6 nitrogen and oxygen atoms in total. The lowest BCUT2D eigenvalue weighted by atomic mass is 10.5. The van der Waals surface area contributed by atoms with E-state index in [0.717, 1.165) is 0 Å². The van der Waals surface area contributed by atoms with Crippen LogP contribution in [0.2, 0.25) is 0 Å². The van der Waals surface area contributed by atoms with Gasteiger partial charge in [-0.25, -0.2) is 5.84 Å². The molecule has 1 amide bonds. The van der Waals surface area contributed by atoms with Crippen molar-refractivity contribution in [2.45, 2.75) is 6.92 Å². The van der Waals surface area contributed by atoms with Crippen molar-refractivity contribution < 1.29 is 4.79 Å². The Morgan fingerprint density at radius 1 is 1.50 bits per heavy atom. The maximum absolute atomic E-state index is 10.9. The normalized spacial score (nSPS) is 10.8. The van der Waals surface area contributed by atoms with Gasteiger partial charge in [0.25, 0.3) is 0 Å². The van der Waals surface area contributed by atoms with Gasteiger partial charge in [0, 0.05) is 13.6 Å². The summed E-state index contributed by atoms with van der Waals surface area (Å²) in [6.45, 7) is 2.65. The van der Waals surface area contributed by atoms with Crippen molar-refractivity contribution >= 4 is 11.9 Å². The Hall–Kier alpha value is -1.30. The van der Waals surface area contributed by atoms with E-state index in [-0.39, 0.29) is 12.5 Å². The van der Waals surface area contributed by atoms with Gasteiger partial charge in [0.15, 0.2) is 0 Å². The molecule has 70 valence electrons. The molecule has 0 aliphatic rings. The maximum Gasteiger partial charge on any atom is 0.239 e. The van der Waals surface area contributed by atoms with E-state index in [1.165, 1.54) is 0 Å². The zero-order chi connectivity index (χ0) is 9.40. The minimum absolute atomic E-state index is 0.0890. The second-order valence-corrected chi connectivity index (χ2v) is 2.02. The van der Waals surface area contributed by atoms with Gasteiger partial charge in [-0.2, -0.15) is 0 Å². The highest BCUT2D eigenvalue weighted by Crippen LogP contribution is 1.65. The smallest absolute Gasteiger partial charge is 0.239 e. The predicted octanol–water partition coefficient (Wildman–Crippen LogP) is -1.84. The topological polar surface area (TPSA) is 91.5 Å². The summed E-state index contributed by atoms with van der Waals surface area (Å²) >= 11 is 0. The highest BCUT2D eigenvalue weighted by Gasteiger charge is 1.99. The molecule has 0 spiro atoms. The molecule has 5 N–H and O–H groups in total. The van der Waals surface area contributed by atoms with E-state index in [2.05, 4.69) is 21.1 Å². The third kappa shape index (κ3) is 4.51. The van der Waals surface area contributed by atoms with Crippen molar-refractivity contribution in [1.82, 2.24) is 16.1 Å². The quantitative estimate of drug-likeness (QED) is 0.175. The van der Waals surface area contributed by atoms with E-state index >= 15 is 0 Å². The van der Waals surface area contributed by atoms with Gasteiger partial charge in [0.1, 0.15) is 0 Å². The molecule has 0 saturated heterocycles. The minimum Gasteiger partial charge on any atom is -0.355 e. The Balaban J connectivity index is 3.59. The number of carbonyl (C=O) groups excluding carboxylic acids is 1. The van der Waals surface area contributed by atoms with Crippen LogP contribution in [-0.4, -0.2) is 32.0 Å². The van der Waals surface area contributed by atoms with E-state index in [1.54, 1.807) is 7.05 Å². The van der Waals surface area contributed by atoms with Gasteiger partial charge in [-0.05, 0) is 6.92 Å². The van der Waals surface area contributed by atoms with Crippen LogP contribution in [-0.2, 0) is 4.79 Å². The molecule has 0 atom stereocenters. The Bertz CT molecular complexity index is 167. The molecule has 0 rings (SSSR count). The fourth-order valence-electron chi connectivity index (χ4n) is 0.618. The summed E-state index contributed by atoms with van der Waals surface area (Å²) in [6, 6.07) is 0. The molecule has 0 saturated carbocycles. The first-order valence-corrected chi connectivity index (χ1v) is 3.68. The summed E-state index contributed by atoms with van der Waals surface area (Å²) in [7, 11) is 1.57. The summed E-state index contributed by atoms with van der Waals surface area (Å²) in [4.78, 5) is 14.6. The van der Waals surface area contributed by atoms with Crippen molar-refractivity contribution in [2.75, 3.05) is 20.1 Å². The highest BCUT2D eigenvalue weighted by molar-refractivity contribution is 5.85. The average Bonchev–Trinajstić information content (AvgIpc) is 2.07. The lowest BCUT2D eigenvalue weighted by Gasteiger charge is -2.07. The molecule has 6 heteroatoms. The van der Waals surface area contributed by atoms with Crippen LogP contribution in [0.15, 0.2) is 4.99 Å².